The number of benzene rings is 2. The van der Waals surface area contributed by atoms with E-state index < -0.39 is 6.04 Å². The molecule has 0 bridgehead atoms. The van der Waals surface area contributed by atoms with E-state index in [2.05, 4.69) is 17.6 Å². The number of rotatable bonds is 7. The molecule has 1 heterocycles. The van der Waals surface area contributed by atoms with Crippen LogP contribution in [0, 0.1) is 5.92 Å². The van der Waals surface area contributed by atoms with Gasteiger partial charge < -0.3 is 30.1 Å². The van der Waals surface area contributed by atoms with Crippen LogP contribution >= 0.6 is 0 Å². The zero-order valence-electron chi connectivity index (χ0n) is 23.1. The molecule has 1 aliphatic rings. The van der Waals surface area contributed by atoms with Gasteiger partial charge in [0.2, 0.25) is 5.91 Å². The van der Waals surface area contributed by atoms with E-state index in [0.717, 1.165) is 24.8 Å². The highest BCUT2D eigenvalue weighted by atomic mass is 16.5. The van der Waals surface area contributed by atoms with Gasteiger partial charge in [-0.15, -0.1) is 0 Å². The van der Waals surface area contributed by atoms with E-state index in [0.29, 0.717) is 36.7 Å². The Hall–Kier alpha value is -2.94. The second kappa shape index (κ2) is 14.9. The lowest BCUT2D eigenvalue weighted by Crippen LogP contribution is -2.47. The van der Waals surface area contributed by atoms with Gasteiger partial charge in [0.25, 0.3) is 5.91 Å². The average molecular weight is 526 g/mol. The first-order valence-electron chi connectivity index (χ1n) is 13.6. The Labute approximate surface area is 226 Å². The van der Waals surface area contributed by atoms with Crippen molar-refractivity contribution < 1.29 is 24.2 Å². The summed E-state index contributed by atoms with van der Waals surface area (Å²) >= 11 is 0. The molecule has 2 aromatic rings. The first kappa shape index (κ1) is 29.6. The molecule has 208 valence electrons. The van der Waals surface area contributed by atoms with Crippen LogP contribution in [0.25, 0.3) is 0 Å². The predicted molar refractivity (Wildman–Crippen MR) is 150 cm³/mol. The molecule has 8 heteroatoms. The molecule has 1 aliphatic heterocycles. The molecular formula is C30H43N3O5. The smallest absolute Gasteiger partial charge is 0.258 e. The van der Waals surface area contributed by atoms with Crippen LogP contribution in [0.4, 0.5) is 5.69 Å². The largest absolute Gasteiger partial charge is 0.490 e. The topological polar surface area (TPSA) is 100 Å². The molecule has 2 aromatic carbocycles. The summed E-state index contributed by atoms with van der Waals surface area (Å²) in [4.78, 5) is 28.4. The van der Waals surface area contributed by atoms with Crippen molar-refractivity contribution in [3.05, 3.63) is 59.7 Å². The van der Waals surface area contributed by atoms with Crippen LogP contribution in [0.5, 0.6) is 5.75 Å². The van der Waals surface area contributed by atoms with E-state index in [1.165, 1.54) is 0 Å². The molecule has 0 saturated heterocycles. The summed E-state index contributed by atoms with van der Waals surface area (Å²) in [5.74, 6) is 0.0897. The second-order valence-electron chi connectivity index (χ2n) is 10.3. The quantitative estimate of drug-likeness (QED) is 0.507. The Kier molecular flexibility index (Phi) is 11.6. The molecule has 0 spiro atoms. The van der Waals surface area contributed by atoms with Gasteiger partial charge in [-0.3, -0.25) is 9.59 Å². The molecule has 0 aliphatic carbocycles. The number of aliphatic hydroxyl groups is 1. The third kappa shape index (κ3) is 8.55. The summed E-state index contributed by atoms with van der Waals surface area (Å²) in [5, 5.41) is 16.1. The predicted octanol–water partition coefficient (Wildman–Crippen LogP) is 3.88. The molecule has 0 radical (unpaired) electrons. The number of hydrogen-bond acceptors (Lipinski definition) is 6. The minimum absolute atomic E-state index is 0.0281. The molecule has 3 N–H and O–H groups in total. The van der Waals surface area contributed by atoms with Gasteiger partial charge in [0.1, 0.15) is 5.75 Å². The number of amides is 2. The monoisotopic (exact) mass is 525 g/mol. The summed E-state index contributed by atoms with van der Waals surface area (Å²) < 4.78 is 12.4. The summed E-state index contributed by atoms with van der Waals surface area (Å²) in [7, 11) is 1.89. The van der Waals surface area contributed by atoms with Crippen LogP contribution in [0.15, 0.2) is 48.5 Å². The number of nitrogens with one attached hydrogen (secondary N) is 2. The maximum atomic E-state index is 14.0. The van der Waals surface area contributed by atoms with Crippen LogP contribution in [-0.4, -0.2) is 73.4 Å². The standard InChI is InChI=1S/C30H43N3O5/c1-21-19-33(22(2)20-34)30(36)26-17-25(32-29(35)16-24-11-6-5-7-12-24)13-14-27(26)38-23(3)10-8-9-15-37-28(21)18-31-4/h5-7,11-14,17,21-23,28,31,34H,8-10,15-16,18-20H2,1-4H3,(H,32,35)/t21-,22+,23+,28+/m0/s1. The van der Waals surface area contributed by atoms with Crippen molar-refractivity contribution in [1.29, 1.82) is 0 Å². The van der Waals surface area contributed by atoms with Crippen molar-refractivity contribution in [3.63, 3.8) is 0 Å². The molecule has 38 heavy (non-hydrogen) atoms. The van der Waals surface area contributed by atoms with Crippen molar-refractivity contribution >= 4 is 17.5 Å². The fourth-order valence-corrected chi connectivity index (χ4v) is 4.68. The van der Waals surface area contributed by atoms with Crippen LogP contribution in [0.1, 0.15) is 56.0 Å². The van der Waals surface area contributed by atoms with E-state index >= 15 is 0 Å². The zero-order valence-corrected chi connectivity index (χ0v) is 23.1. The fourth-order valence-electron chi connectivity index (χ4n) is 4.68. The Morgan fingerprint density at radius 2 is 1.92 bits per heavy atom. The van der Waals surface area contributed by atoms with Gasteiger partial charge in [-0.05, 0) is 63.9 Å². The number of carbonyl (C=O) groups excluding carboxylic acids is 2. The van der Waals surface area contributed by atoms with Crippen molar-refractivity contribution in [2.45, 2.75) is 64.7 Å². The van der Waals surface area contributed by atoms with Gasteiger partial charge >= 0.3 is 0 Å². The van der Waals surface area contributed by atoms with Crippen molar-refractivity contribution in [3.8, 4) is 5.75 Å². The lowest BCUT2D eigenvalue weighted by atomic mass is 10.0. The molecule has 0 unspecified atom stereocenters. The van der Waals surface area contributed by atoms with Crippen molar-refractivity contribution in [2.75, 3.05) is 38.7 Å². The van der Waals surface area contributed by atoms with Gasteiger partial charge in [-0.2, -0.15) is 0 Å². The molecule has 0 saturated carbocycles. The van der Waals surface area contributed by atoms with Crippen LogP contribution in [0.3, 0.4) is 0 Å². The number of aliphatic hydroxyl groups excluding tert-OH is 1. The third-order valence-electron chi connectivity index (χ3n) is 6.95. The van der Waals surface area contributed by atoms with Gasteiger partial charge in [0.15, 0.2) is 0 Å². The van der Waals surface area contributed by atoms with Gasteiger partial charge in [-0.1, -0.05) is 37.3 Å². The Bertz CT molecular complexity index is 1030. The Morgan fingerprint density at radius 3 is 2.63 bits per heavy atom. The maximum Gasteiger partial charge on any atom is 0.258 e. The van der Waals surface area contributed by atoms with Gasteiger partial charge in [0.05, 0.1) is 36.8 Å². The highest BCUT2D eigenvalue weighted by molar-refractivity contribution is 6.00. The first-order chi connectivity index (χ1) is 18.3. The fraction of sp³-hybridized carbons (Fsp3) is 0.533. The van der Waals surface area contributed by atoms with Crippen molar-refractivity contribution in [1.82, 2.24) is 10.2 Å². The minimum Gasteiger partial charge on any atom is -0.490 e. The maximum absolute atomic E-state index is 14.0. The molecular weight excluding hydrogens is 482 g/mol. The average Bonchev–Trinajstić information content (AvgIpc) is 2.90. The second-order valence-corrected chi connectivity index (χ2v) is 10.3. The molecule has 0 fully saturated rings. The van der Waals surface area contributed by atoms with E-state index in [4.69, 9.17) is 9.47 Å². The number of likely N-dealkylation sites (N-methyl/N-ethyl adjacent to an activating group) is 1. The van der Waals surface area contributed by atoms with Crippen LogP contribution in [-0.2, 0) is 16.0 Å². The third-order valence-corrected chi connectivity index (χ3v) is 6.95. The number of hydrogen-bond donors (Lipinski definition) is 3. The number of nitrogens with zero attached hydrogens (tertiary/aromatic N) is 1. The van der Waals surface area contributed by atoms with E-state index in [1.807, 2.05) is 51.2 Å². The highest BCUT2D eigenvalue weighted by Gasteiger charge is 2.29. The number of anilines is 1. The number of ether oxygens (including phenoxy) is 2. The van der Waals surface area contributed by atoms with Crippen LogP contribution in [0.2, 0.25) is 0 Å². The van der Waals surface area contributed by atoms with Crippen molar-refractivity contribution in [2.24, 2.45) is 5.92 Å². The molecule has 0 aromatic heterocycles. The Morgan fingerprint density at radius 1 is 1.16 bits per heavy atom. The van der Waals surface area contributed by atoms with Gasteiger partial charge in [0, 0.05) is 31.3 Å². The van der Waals surface area contributed by atoms with Crippen LogP contribution < -0.4 is 15.4 Å². The van der Waals surface area contributed by atoms with Gasteiger partial charge in [-0.25, -0.2) is 0 Å². The Balaban J connectivity index is 1.93. The summed E-state index contributed by atoms with van der Waals surface area (Å²) in [6.07, 6.45) is 2.77. The summed E-state index contributed by atoms with van der Waals surface area (Å²) in [5.41, 5.74) is 1.80. The summed E-state index contributed by atoms with van der Waals surface area (Å²) in [6.45, 7) is 7.45. The number of fused-ring (bicyclic) bond motifs is 1. The SMILES string of the molecule is CNC[C@H]1OCCCC[C@@H](C)Oc2ccc(NC(=O)Cc3ccccc3)cc2C(=O)N([C@H](C)CO)C[C@@H]1C. The molecule has 4 atom stereocenters. The molecule has 2 amide bonds. The number of carbonyl (C=O) groups is 2. The lowest BCUT2D eigenvalue weighted by Gasteiger charge is -2.34. The highest BCUT2D eigenvalue weighted by Crippen LogP contribution is 2.28. The summed E-state index contributed by atoms with van der Waals surface area (Å²) in [6, 6.07) is 14.3. The normalized spacial score (nSPS) is 22.1. The lowest BCUT2D eigenvalue weighted by molar-refractivity contribution is -0.115. The zero-order chi connectivity index (χ0) is 27.5. The van der Waals surface area contributed by atoms with E-state index in [9.17, 15) is 14.7 Å². The molecule has 8 nitrogen and oxygen atoms in total. The van der Waals surface area contributed by atoms with E-state index in [1.54, 1.807) is 23.1 Å². The minimum atomic E-state index is -0.408. The first-order valence-corrected chi connectivity index (χ1v) is 13.6. The van der Waals surface area contributed by atoms with E-state index in [-0.39, 0.29) is 43.0 Å². The molecule has 3 rings (SSSR count).